The van der Waals surface area contributed by atoms with Crippen LogP contribution in [-0.2, 0) is 4.79 Å². The van der Waals surface area contributed by atoms with Crippen molar-refractivity contribution in [3.05, 3.63) is 0 Å². The van der Waals surface area contributed by atoms with E-state index in [9.17, 15) is 4.79 Å². The van der Waals surface area contributed by atoms with Crippen LogP contribution in [0.3, 0.4) is 0 Å². The van der Waals surface area contributed by atoms with Gasteiger partial charge in [-0.15, -0.1) is 0 Å². The van der Waals surface area contributed by atoms with Gasteiger partial charge in [0.05, 0.1) is 0 Å². The highest BCUT2D eigenvalue weighted by atomic mass is 16.4. The van der Waals surface area contributed by atoms with Crippen molar-refractivity contribution in [2.45, 2.75) is 103 Å². The fraction of sp³-hybridized carbons (Fsp3) is 0.957. The van der Waals surface area contributed by atoms with Crippen molar-refractivity contribution in [2.24, 2.45) is 40.2 Å². The fourth-order valence-electron chi connectivity index (χ4n) is 8.22. The topological polar surface area (TPSA) is 63.3 Å². The highest BCUT2D eigenvalue weighted by Gasteiger charge is 2.55. The molecule has 4 fully saturated rings. The van der Waals surface area contributed by atoms with Crippen molar-refractivity contribution in [1.29, 1.82) is 0 Å². The first-order valence-corrected chi connectivity index (χ1v) is 11.4. The van der Waals surface area contributed by atoms with E-state index in [0.29, 0.717) is 23.3 Å². The van der Waals surface area contributed by atoms with E-state index in [4.69, 9.17) is 10.8 Å². The normalized spacial score (nSPS) is 48.2. The first kappa shape index (κ1) is 18.8. The zero-order chi connectivity index (χ0) is 18.4. The average Bonchev–Trinajstić information content (AvgIpc) is 2.90. The lowest BCUT2D eigenvalue weighted by atomic mass is 9.49. The molecule has 0 saturated heterocycles. The number of carboxylic acid groups (broad SMARTS) is 1. The molecule has 0 aromatic heterocycles. The summed E-state index contributed by atoms with van der Waals surface area (Å²) in [6.45, 7) is 2.58. The van der Waals surface area contributed by atoms with Crippen molar-refractivity contribution in [3.8, 4) is 0 Å². The lowest BCUT2D eigenvalue weighted by Gasteiger charge is -2.56. The first-order valence-electron chi connectivity index (χ1n) is 11.4. The molecule has 148 valence electrons. The molecule has 7 unspecified atom stereocenters. The van der Waals surface area contributed by atoms with E-state index in [2.05, 4.69) is 6.92 Å². The summed E-state index contributed by atoms with van der Waals surface area (Å²) in [6, 6.07) is 0.461. The van der Waals surface area contributed by atoms with Crippen molar-refractivity contribution in [2.75, 3.05) is 0 Å². The molecular weight excluding hydrogens is 322 g/mol. The lowest BCUT2D eigenvalue weighted by Crippen LogP contribution is -2.49. The SMILES string of the molecule is CC12CCCC34CCC(N)CC3CCC(C4)C1CCC2CCCC(=O)O. The number of aliphatic carboxylic acids is 1. The third kappa shape index (κ3) is 3.23. The average molecular weight is 362 g/mol. The van der Waals surface area contributed by atoms with E-state index >= 15 is 0 Å². The Bertz CT molecular complexity index is 534. The number of hydrogen-bond acceptors (Lipinski definition) is 2. The molecule has 1 spiro atoms. The quantitative estimate of drug-likeness (QED) is 0.707. The van der Waals surface area contributed by atoms with Gasteiger partial charge in [-0.25, -0.2) is 0 Å². The van der Waals surface area contributed by atoms with Gasteiger partial charge in [-0.05, 0) is 112 Å². The highest BCUT2D eigenvalue weighted by molar-refractivity contribution is 5.66. The predicted molar refractivity (Wildman–Crippen MR) is 105 cm³/mol. The second-order valence-electron chi connectivity index (χ2n) is 10.7. The number of hydrogen-bond donors (Lipinski definition) is 2. The molecule has 0 aromatic rings. The largest absolute Gasteiger partial charge is 0.481 e. The Kier molecular flexibility index (Phi) is 5.14. The van der Waals surface area contributed by atoms with Gasteiger partial charge >= 0.3 is 5.97 Å². The predicted octanol–water partition coefficient (Wildman–Crippen LogP) is 5.37. The second-order valence-corrected chi connectivity index (χ2v) is 10.7. The summed E-state index contributed by atoms with van der Waals surface area (Å²) in [4.78, 5) is 10.9. The highest BCUT2D eigenvalue weighted by Crippen LogP contribution is 2.64. The summed E-state index contributed by atoms with van der Waals surface area (Å²) in [5, 5.41) is 9.00. The Morgan fingerprint density at radius 1 is 1.12 bits per heavy atom. The van der Waals surface area contributed by atoms with Crippen molar-refractivity contribution in [3.63, 3.8) is 0 Å². The summed E-state index contributed by atoms with van der Waals surface area (Å²) in [6.07, 6.45) is 17.6. The summed E-state index contributed by atoms with van der Waals surface area (Å²) >= 11 is 0. The van der Waals surface area contributed by atoms with Crippen LogP contribution in [-0.4, -0.2) is 17.1 Å². The van der Waals surface area contributed by atoms with E-state index in [0.717, 1.165) is 36.5 Å². The molecule has 2 bridgehead atoms. The van der Waals surface area contributed by atoms with Crippen LogP contribution in [0, 0.1) is 34.5 Å². The van der Waals surface area contributed by atoms with Crippen LogP contribution in [0.5, 0.6) is 0 Å². The molecule has 0 aromatic carbocycles. The van der Waals surface area contributed by atoms with Gasteiger partial charge < -0.3 is 10.8 Å². The van der Waals surface area contributed by atoms with Gasteiger partial charge in [0.2, 0.25) is 0 Å². The number of carbonyl (C=O) groups is 1. The molecule has 3 N–H and O–H groups in total. The first-order chi connectivity index (χ1) is 12.4. The molecule has 7 atom stereocenters. The summed E-state index contributed by atoms with van der Waals surface area (Å²) in [7, 11) is 0. The zero-order valence-electron chi connectivity index (χ0n) is 16.7. The van der Waals surface area contributed by atoms with Crippen LogP contribution in [0.2, 0.25) is 0 Å². The smallest absolute Gasteiger partial charge is 0.303 e. The minimum Gasteiger partial charge on any atom is -0.481 e. The van der Waals surface area contributed by atoms with Crippen LogP contribution in [0.25, 0.3) is 0 Å². The number of carboxylic acids is 1. The van der Waals surface area contributed by atoms with E-state index in [-0.39, 0.29) is 0 Å². The van der Waals surface area contributed by atoms with Crippen LogP contribution in [0.15, 0.2) is 0 Å². The van der Waals surface area contributed by atoms with Crippen molar-refractivity contribution in [1.82, 2.24) is 0 Å². The zero-order valence-corrected chi connectivity index (χ0v) is 16.7. The summed E-state index contributed by atoms with van der Waals surface area (Å²) in [5.41, 5.74) is 7.43. The maximum atomic E-state index is 10.9. The Hall–Kier alpha value is -0.570. The van der Waals surface area contributed by atoms with Gasteiger partial charge in [0, 0.05) is 12.5 Å². The van der Waals surface area contributed by atoms with Gasteiger partial charge in [0.1, 0.15) is 0 Å². The van der Waals surface area contributed by atoms with Gasteiger partial charge in [-0.1, -0.05) is 13.3 Å². The molecule has 4 saturated carbocycles. The van der Waals surface area contributed by atoms with Gasteiger partial charge in [-0.2, -0.15) is 0 Å². The maximum Gasteiger partial charge on any atom is 0.303 e. The number of fused-ring (bicyclic) bond motifs is 3. The molecule has 0 amide bonds. The number of nitrogens with two attached hydrogens (primary N) is 1. The third-order valence-corrected chi connectivity index (χ3v) is 9.53. The molecule has 4 aliphatic rings. The maximum absolute atomic E-state index is 10.9. The molecule has 0 heterocycles. The third-order valence-electron chi connectivity index (χ3n) is 9.53. The number of rotatable bonds is 4. The summed E-state index contributed by atoms with van der Waals surface area (Å²) in [5.74, 6) is 2.86. The molecule has 0 radical (unpaired) electrons. The van der Waals surface area contributed by atoms with Crippen molar-refractivity contribution >= 4 is 5.97 Å². The fourth-order valence-corrected chi connectivity index (χ4v) is 8.22. The van der Waals surface area contributed by atoms with E-state index in [1.165, 1.54) is 70.6 Å². The Morgan fingerprint density at radius 3 is 2.77 bits per heavy atom. The van der Waals surface area contributed by atoms with E-state index < -0.39 is 5.97 Å². The minimum absolute atomic E-state index is 0.353. The van der Waals surface area contributed by atoms with E-state index in [1.807, 2.05) is 0 Å². The molecule has 0 aliphatic heterocycles. The van der Waals surface area contributed by atoms with Crippen LogP contribution in [0.4, 0.5) is 0 Å². The molecule has 3 heteroatoms. The Balaban J connectivity index is 1.48. The molecule has 3 nitrogen and oxygen atoms in total. The van der Waals surface area contributed by atoms with E-state index in [1.54, 1.807) is 0 Å². The Morgan fingerprint density at radius 2 is 1.96 bits per heavy atom. The molecular formula is C23H39NO2. The van der Waals surface area contributed by atoms with Crippen LogP contribution >= 0.6 is 0 Å². The summed E-state index contributed by atoms with van der Waals surface area (Å²) < 4.78 is 0. The van der Waals surface area contributed by atoms with Gasteiger partial charge in [0.15, 0.2) is 0 Å². The molecule has 26 heavy (non-hydrogen) atoms. The monoisotopic (exact) mass is 361 g/mol. The Labute approximate surface area is 159 Å². The van der Waals surface area contributed by atoms with Gasteiger partial charge in [-0.3, -0.25) is 4.79 Å². The molecule has 4 aliphatic carbocycles. The standard InChI is InChI=1S/C23H39NO2/c1-22-11-3-12-23-13-10-19(24)14-18(23)7-6-16(15-23)20(22)9-8-17(22)4-2-5-21(25)26/h16-20H,2-15,24H2,1H3,(H,25,26). The van der Waals surface area contributed by atoms with Crippen molar-refractivity contribution < 1.29 is 9.90 Å². The van der Waals surface area contributed by atoms with Gasteiger partial charge in [0.25, 0.3) is 0 Å². The lowest BCUT2D eigenvalue weighted by molar-refractivity contribution is -0.137. The van der Waals surface area contributed by atoms with Crippen LogP contribution < -0.4 is 5.73 Å². The minimum atomic E-state index is -0.627. The van der Waals surface area contributed by atoms with Crippen LogP contribution in [0.1, 0.15) is 96.8 Å². The second kappa shape index (κ2) is 7.11. The molecule has 4 rings (SSSR count).